The third kappa shape index (κ3) is 5.84. The number of nitrogens with zero attached hydrogens (tertiary/aromatic N) is 1. The Hall–Kier alpha value is -2.64. The van der Waals surface area contributed by atoms with Gasteiger partial charge in [-0.25, -0.2) is 4.99 Å². The van der Waals surface area contributed by atoms with Crippen LogP contribution in [-0.2, 0) is 11.4 Å². The molecule has 0 unspecified atom stereocenters. The fraction of sp³-hybridized carbons (Fsp3) is 0.0833. The Kier molecular flexibility index (Phi) is 7.50. The number of halogens is 3. The number of nitrogens with one attached hydrogen (secondary N) is 1. The molecular formula is C24H17Cl3N2O3S. The largest absolute Gasteiger partial charge is 0.493 e. The third-order valence-electron chi connectivity index (χ3n) is 4.61. The number of amides is 1. The first-order valence-electron chi connectivity index (χ1n) is 9.72. The Morgan fingerprint density at radius 3 is 2.58 bits per heavy atom. The van der Waals surface area contributed by atoms with Gasteiger partial charge in [-0.1, -0.05) is 59.1 Å². The molecule has 0 bridgehead atoms. The van der Waals surface area contributed by atoms with E-state index in [1.807, 2.05) is 24.3 Å². The second-order valence-electron chi connectivity index (χ2n) is 6.87. The van der Waals surface area contributed by atoms with E-state index in [2.05, 4.69) is 10.3 Å². The number of para-hydroxylation sites is 1. The molecule has 0 atom stereocenters. The van der Waals surface area contributed by atoms with E-state index >= 15 is 0 Å². The first-order chi connectivity index (χ1) is 15.9. The van der Waals surface area contributed by atoms with E-state index < -0.39 is 0 Å². The third-order valence-corrected chi connectivity index (χ3v) is 6.43. The summed E-state index contributed by atoms with van der Waals surface area (Å²) in [5, 5.41) is 4.82. The molecule has 168 valence electrons. The van der Waals surface area contributed by atoms with Gasteiger partial charge in [-0.15, -0.1) is 0 Å². The molecule has 0 saturated carbocycles. The first-order valence-corrected chi connectivity index (χ1v) is 11.7. The molecule has 0 aliphatic carbocycles. The molecule has 1 saturated heterocycles. The zero-order chi connectivity index (χ0) is 23.4. The molecule has 1 N–H and O–H groups in total. The first kappa shape index (κ1) is 23.5. The van der Waals surface area contributed by atoms with Crippen molar-refractivity contribution in [2.45, 2.75) is 6.61 Å². The van der Waals surface area contributed by atoms with Crippen LogP contribution < -0.4 is 14.8 Å². The summed E-state index contributed by atoms with van der Waals surface area (Å²) in [7, 11) is 1.56. The predicted octanol–water partition coefficient (Wildman–Crippen LogP) is 7.13. The molecule has 1 fully saturated rings. The van der Waals surface area contributed by atoms with Crippen molar-refractivity contribution in [1.29, 1.82) is 0 Å². The van der Waals surface area contributed by atoms with Crippen LogP contribution in [0.1, 0.15) is 11.1 Å². The van der Waals surface area contributed by atoms with Crippen LogP contribution in [0.25, 0.3) is 6.08 Å². The molecule has 0 aromatic heterocycles. The van der Waals surface area contributed by atoms with Crippen molar-refractivity contribution in [3.8, 4) is 11.5 Å². The van der Waals surface area contributed by atoms with Crippen LogP contribution in [-0.4, -0.2) is 18.2 Å². The number of hydrogen-bond acceptors (Lipinski definition) is 5. The van der Waals surface area contributed by atoms with Crippen LogP contribution in [0.15, 0.2) is 70.6 Å². The maximum atomic E-state index is 12.4. The van der Waals surface area contributed by atoms with Crippen LogP contribution in [0.3, 0.4) is 0 Å². The highest BCUT2D eigenvalue weighted by atomic mass is 35.5. The number of hydrogen-bond donors (Lipinski definition) is 1. The molecule has 0 spiro atoms. The molecule has 1 aliphatic heterocycles. The normalized spacial score (nSPS) is 15.7. The van der Waals surface area contributed by atoms with Crippen molar-refractivity contribution in [1.82, 2.24) is 5.32 Å². The van der Waals surface area contributed by atoms with Gasteiger partial charge in [0.25, 0.3) is 5.91 Å². The van der Waals surface area contributed by atoms with Gasteiger partial charge in [0.05, 0.1) is 22.7 Å². The summed E-state index contributed by atoms with van der Waals surface area (Å²) < 4.78 is 11.4. The second kappa shape index (κ2) is 10.5. The number of benzene rings is 3. The SMILES string of the molecule is COc1cc(C=C2SC(=Nc3ccccc3Cl)NC2=O)ccc1OCc1ccc(Cl)cc1Cl. The van der Waals surface area contributed by atoms with Crippen molar-refractivity contribution in [2.24, 2.45) is 4.99 Å². The molecule has 5 nitrogen and oxygen atoms in total. The fourth-order valence-corrected chi connectivity index (χ4v) is 4.45. The quantitative estimate of drug-likeness (QED) is 0.352. The van der Waals surface area contributed by atoms with Crippen molar-refractivity contribution >= 4 is 69.4 Å². The van der Waals surface area contributed by atoms with Gasteiger partial charge in [0, 0.05) is 15.6 Å². The van der Waals surface area contributed by atoms with Gasteiger partial charge < -0.3 is 14.8 Å². The number of carbonyl (C=O) groups is 1. The van der Waals surface area contributed by atoms with E-state index in [1.165, 1.54) is 11.8 Å². The summed E-state index contributed by atoms with van der Waals surface area (Å²) >= 11 is 19.5. The zero-order valence-corrected chi connectivity index (χ0v) is 20.4. The van der Waals surface area contributed by atoms with Crippen molar-refractivity contribution in [3.63, 3.8) is 0 Å². The molecule has 4 rings (SSSR count). The Morgan fingerprint density at radius 1 is 1.00 bits per heavy atom. The van der Waals surface area contributed by atoms with Crippen LogP contribution in [0.4, 0.5) is 5.69 Å². The zero-order valence-electron chi connectivity index (χ0n) is 17.3. The maximum absolute atomic E-state index is 12.4. The van der Waals surface area contributed by atoms with Crippen LogP contribution in [0.2, 0.25) is 15.1 Å². The number of thioether (sulfide) groups is 1. The number of amidine groups is 1. The van der Waals surface area contributed by atoms with E-state index in [0.29, 0.717) is 42.3 Å². The molecular weight excluding hydrogens is 503 g/mol. The van der Waals surface area contributed by atoms with E-state index in [-0.39, 0.29) is 12.5 Å². The van der Waals surface area contributed by atoms with Crippen LogP contribution >= 0.6 is 46.6 Å². The minimum Gasteiger partial charge on any atom is -0.493 e. The molecule has 1 amide bonds. The molecule has 1 heterocycles. The van der Waals surface area contributed by atoms with E-state index in [9.17, 15) is 4.79 Å². The molecule has 9 heteroatoms. The number of aliphatic imine (C=N–C) groups is 1. The van der Waals surface area contributed by atoms with Gasteiger partial charge in [-0.05, 0) is 59.8 Å². The molecule has 3 aromatic rings. The minimum absolute atomic E-state index is 0.234. The van der Waals surface area contributed by atoms with Gasteiger partial charge >= 0.3 is 0 Å². The number of methoxy groups -OCH3 is 1. The number of ether oxygens (including phenoxy) is 2. The Bertz CT molecular complexity index is 1280. The molecule has 3 aromatic carbocycles. The van der Waals surface area contributed by atoms with Gasteiger partial charge in [0.15, 0.2) is 16.7 Å². The lowest BCUT2D eigenvalue weighted by Gasteiger charge is -2.12. The summed E-state index contributed by atoms with van der Waals surface area (Å²) in [5.41, 5.74) is 2.17. The fourth-order valence-electron chi connectivity index (χ4n) is 2.97. The average molecular weight is 520 g/mol. The molecule has 0 radical (unpaired) electrons. The van der Waals surface area contributed by atoms with Crippen LogP contribution in [0.5, 0.6) is 11.5 Å². The Balaban J connectivity index is 1.50. The lowest BCUT2D eigenvalue weighted by Crippen LogP contribution is -2.19. The van der Waals surface area contributed by atoms with Crippen molar-refractivity contribution in [3.05, 3.63) is 91.8 Å². The highest BCUT2D eigenvalue weighted by molar-refractivity contribution is 8.18. The van der Waals surface area contributed by atoms with Crippen LogP contribution in [0, 0.1) is 0 Å². The monoisotopic (exact) mass is 518 g/mol. The predicted molar refractivity (Wildman–Crippen MR) is 136 cm³/mol. The van der Waals surface area contributed by atoms with Gasteiger partial charge in [0.2, 0.25) is 0 Å². The summed E-state index contributed by atoms with van der Waals surface area (Å²) in [5.74, 6) is 0.848. The minimum atomic E-state index is -0.234. The lowest BCUT2D eigenvalue weighted by atomic mass is 10.2. The Labute approximate surface area is 210 Å². The van der Waals surface area contributed by atoms with Gasteiger partial charge in [-0.2, -0.15) is 0 Å². The Morgan fingerprint density at radius 2 is 1.82 bits per heavy atom. The van der Waals surface area contributed by atoms with Crippen molar-refractivity contribution in [2.75, 3.05) is 7.11 Å². The van der Waals surface area contributed by atoms with E-state index in [0.717, 1.165) is 11.1 Å². The smallest absolute Gasteiger partial charge is 0.264 e. The van der Waals surface area contributed by atoms with Gasteiger partial charge in [-0.3, -0.25) is 4.79 Å². The molecule has 1 aliphatic rings. The topological polar surface area (TPSA) is 59.9 Å². The van der Waals surface area contributed by atoms with Crippen molar-refractivity contribution < 1.29 is 14.3 Å². The number of carbonyl (C=O) groups excluding carboxylic acids is 1. The summed E-state index contributed by atoms with van der Waals surface area (Å²) in [6.45, 7) is 0.257. The maximum Gasteiger partial charge on any atom is 0.264 e. The average Bonchev–Trinajstić information content (AvgIpc) is 3.13. The van der Waals surface area contributed by atoms with E-state index in [1.54, 1.807) is 49.6 Å². The summed E-state index contributed by atoms with van der Waals surface area (Å²) in [6.07, 6.45) is 1.76. The van der Waals surface area contributed by atoms with Gasteiger partial charge in [0.1, 0.15) is 6.61 Å². The molecule has 33 heavy (non-hydrogen) atoms. The lowest BCUT2D eigenvalue weighted by molar-refractivity contribution is -0.115. The standard InChI is InChI=1S/C24H17Cl3N2O3S/c1-31-21-10-14(6-9-20(21)32-13-15-7-8-16(25)12-18(15)27)11-22-23(30)29-24(33-22)28-19-5-3-2-4-17(19)26/h2-12H,13H2,1H3,(H,28,29,30). The van der Waals surface area contributed by atoms with E-state index in [4.69, 9.17) is 44.3 Å². The summed E-state index contributed by atoms with van der Waals surface area (Å²) in [4.78, 5) is 17.3. The second-order valence-corrected chi connectivity index (χ2v) is 9.15. The number of rotatable bonds is 6. The highest BCUT2D eigenvalue weighted by Gasteiger charge is 2.24. The highest BCUT2D eigenvalue weighted by Crippen LogP contribution is 2.34. The summed E-state index contributed by atoms with van der Waals surface area (Å²) in [6, 6.07) is 17.8.